The van der Waals surface area contributed by atoms with Crippen LogP contribution in [0.1, 0.15) is 55.1 Å². The number of carbonyl (C=O) groups is 2. The number of non-ortho nitro benzene ring substituents is 1. The van der Waals surface area contributed by atoms with Crippen molar-refractivity contribution in [2.45, 2.75) is 45.2 Å². The molecule has 174 valence electrons. The summed E-state index contributed by atoms with van der Waals surface area (Å²) in [5.41, 5.74) is 2.49. The number of para-hydroxylation sites is 2. The van der Waals surface area contributed by atoms with Crippen LogP contribution in [0.25, 0.3) is 0 Å². The third-order valence-electron chi connectivity index (χ3n) is 6.16. The van der Waals surface area contributed by atoms with E-state index in [0.29, 0.717) is 18.5 Å². The number of hydrogen-bond donors (Lipinski definition) is 0. The second-order valence-corrected chi connectivity index (χ2v) is 8.49. The largest absolute Gasteiger partial charge is 0.309 e. The fourth-order valence-electron chi connectivity index (χ4n) is 4.66. The molecule has 3 aromatic carbocycles. The summed E-state index contributed by atoms with van der Waals surface area (Å²) < 4.78 is 0. The minimum atomic E-state index is -0.501. The van der Waals surface area contributed by atoms with Gasteiger partial charge in [-0.1, -0.05) is 49.4 Å². The molecule has 2 amide bonds. The molecule has 7 heteroatoms. The molecule has 4 rings (SSSR count). The van der Waals surface area contributed by atoms with Crippen LogP contribution in [0, 0.1) is 10.1 Å². The van der Waals surface area contributed by atoms with Crippen LogP contribution < -0.4 is 9.80 Å². The number of nitro benzene ring substituents is 1. The molecule has 0 aromatic heterocycles. The Morgan fingerprint density at radius 3 is 2.44 bits per heavy atom. The molecule has 0 radical (unpaired) electrons. The van der Waals surface area contributed by atoms with Gasteiger partial charge in [-0.2, -0.15) is 0 Å². The van der Waals surface area contributed by atoms with E-state index in [1.807, 2.05) is 73.3 Å². The van der Waals surface area contributed by atoms with Crippen LogP contribution in [0.2, 0.25) is 0 Å². The molecule has 0 fully saturated rings. The van der Waals surface area contributed by atoms with E-state index in [-0.39, 0.29) is 35.1 Å². The molecule has 0 saturated carbocycles. The summed E-state index contributed by atoms with van der Waals surface area (Å²) in [5.74, 6) is -0.257. The fourth-order valence-corrected chi connectivity index (χ4v) is 4.66. The van der Waals surface area contributed by atoms with Crippen LogP contribution in [-0.4, -0.2) is 22.8 Å². The van der Waals surface area contributed by atoms with Gasteiger partial charge in [0.2, 0.25) is 5.91 Å². The maximum Gasteiger partial charge on any atom is 0.270 e. The molecular formula is C27H27N3O4. The van der Waals surface area contributed by atoms with Gasteiger partial charge < -0.3 is 9.80 Å². The zero-order valence-electron chi connectivity index (χ0n) is 19.3. The quantitative estimate of drug-likeness (QED) is 0.340. The molecule has 34 heavy (non-hydrogen) atoms. The Hall–Kier alpha value is -4.00. The molecule has 0 spiro atoms. The summed E-state index contributed by atoms with van der Waals surface area (Å²) in [5, 5.41) is 11.3. The molecular weight excluding hydrogens is 430 g/mol. The molecule has 1 aliphatic rings. The second-order valence-electron chi connectivity index (χ2n) is 8.49. The van der Waals surface area contributed by atoms with Gasteiger partial charge in [-0.3, -0.25) is 19.7 Å². The monoisotopic (exact) mass is 457 g/mol. The Morgan fingerprint density at radius 2 is 1.74 bits per heavy atom. The van der Waals surface area contributed by atoms with Crippen molar-refractivity contribution in [3.05, 3.63) is 100 Å². The summed E-state index contributed by atoms with van der Waals surface area (Å²) in [6.45, 7) is 3.98. The van der Waals surface area contributed by atoms with Gasteiger partial charge >= 0.3 is 0 Å². The zero-order chi connectivity index (χ0) is 24.2. The Bertz CT molecular complexity index is 1210. The highest BCUT2D eigenvalue weighted by Gasteiger charge is 2.38. The predicted molar refractivity (Wildman–Crippen MR) is 132 cm³/mol. The normalized spacial score (nSPS) is 17.1. The van der Waals surface area contributed by atoms with E-state index in [1.165, 1.54) is 18.2 Å². The van der Waals surface area contributed by atoms with E-state index in [9.17, 15) is 19.7 Å². The average molecular weight is 458 g/mol. The maximum atomic E-state index is 13.9. The lowest BCUT2D eigenvalue weighted by Crippen LogP contribution is -2.47. The van der Waals surface area contributed by atoms with E-state index in [4.69, 9.17) is 0 Å². The van der Waals surface area contributed by atoms with Gasteiger partial charge in [0.05, 0.1) is 11.0 Å². The van der Waals surface area contributed by atoms with Crippen LogP contribution in [0.5, 0.6) is 0 Å². The first kappa shape index (κ1) is 23.2. The Balaban J connectivity index is 1.83. The Labute approximate surface area is 198 Å². The lowest BCUT2D eigenvalue weighted by molar-refractivity contribution is -0.384. The van der Waals surface area contributed by atoms with E-state index >= 15 is 0 Å². The molecule has 3 aromatic rings. The second kappa shape index (κ2) is 9.87. The third kappa shape index (κ3) is 4.41. The number of nitrogens with zero attached hydrogens (tertiary/aromatic N) is 3. The van der Waals surface area contributed by atoms with Crippen molar-refractivity contribution in [3.8, 4) is 0 Å². The number of hydrogen-bond acceptors (Lipinski definition) is 4. The number of amides is 2. The molecule has 0 bridgehead atoms. The van der Waals surface area contributed by atoms with Gasteiger partial charge in [0.25, 0.3) is 11.6 Å². The van der Waals surface area contributed by atoms with Crippen molar-refractivity contribution in [2.75, 3.05) is 9.80 Å². The molecule has 2 atom stereocenters. The van der Waals surface area contributed by atoms with Crippen molar-refractivity contribution in [1.82, 2.24) is 0 Å². The number of carbonyl (C=O) groups excluding carboxylic acids is 2. The van der Waals surface area contributed by atoms with Gasteiger partial charge in [0.1, 0.15) is 0 Å². The average Bonchev–Trinajstić information content (AvgIpc) is 2.85. The van der Waals surface area contributed by atoms with Gasteiger partial charge in [0.15, 0.2) is 0 Å². The Kier molecular flexibility index (Phi) is 6.72. The molecule has 0 N–H and O–H groups in total. The number of fused-ring (bicyclic) bond motifs is 1. The first-order valence-electron chi connectivity index (χ1n) is 11.5. The molecule has 1 heterocycles. The highest BCUT2D eigenvalue weighted by molar-refractivity contribution is 6.07. The Morgan fingerprint density at radius 1 is 1.03 bits per heavy atom. The SMILES string of the molecule is CCCC(=O)N1c2ccccc2[C@@H](N(C(=O)c2cccc([N+](=O)[O-])c2)c2ccccc2)C[C@@H]1C. The van der Waals surface area contributed by atoms with Crippen LogP contribution in [0.3, 0.4) is 0 Å². The number of benzene rings is 3. The van der Waals surface area contributed by atoms with Crippen molar-refractivity contribution in [3.63, 3.8) is 0 Å². The lowest BCUT2D eigenvalue weighted by atomic mass is 9.89. The van der Waals surface area contributed by atoms with Crippen LogP contribution in [-0.2, 0) is 4.79 Å². The summed E-state index contributed by atoms with van der Waals surface area (Å²) in [7, 11) is 0. The number of nitro groups is 1. The van der Waals surface area contributed by atoms with Crippen molar-refractivity contribution in [1.29, 1.82) is 0 Å². The summed E-state index contributed by atoms with van der Waals surface area (Å²) >= 11 is 0. The minimum absolute atomic E-state index is 0.0668. The molecule has 7 nitrogen and oxygen atoms in total. The molecule has 0 aliphatic carbocycles. The summed E-state index contributed by atoms with van der Waals surface area (Å²) in [4.78, 5) is 41.2. The highest BCUT2D eigenvalue weighted by Crippen LogP contribution is 2.43. The fraction of sp³-hybridized carbons (Fsp3) is 0.259. The topological polar surface area (TPSA) is 83.8 Å². The predicted octanol–water partition coefficient (Wildman–Crippen LogP) is 5.91. The standard InChI is InChI=1S/C27H27N3O4/c1-3-10-26(31)28-19(2)17-25(23-15-7-8-16-24(23)28)29(21-12-5-4-6-13-21)27(32)20-11-9-14-22(18-20)30(33)34/h4-9,11-16,18-19,25H,3,10,17H2,1-2H3/t19-,25-/m0/s1. The van der Waals surface area contributed by atoms with Gasteiger partial charge in [0, 0.05) is 41.5 Å². The van der Waals surface area contributed by atoms with E-state index in [0.717, 1.165) is 17.7 Å². The highest BCUT2D eigenvalue weighted by atomic mass is 16.6. The zero-order valence-corrected chi connectivity index (χ0v) is 19.3. The van der Waals surface area contributed by atoms with E-state index < -0.39 is 4.92 Å². The third-order valence-corrected chi connectivity index (χ3v) is 6.16. The van der Waals surface area contributed by atoms with Crippen molar-refractivity contribution < 1.29 is 14.5 Å². The van der Waals surface area contributed by atoms with E-state index in [1.54, 1.807) is 11.0 Å². The molecule has 1 aliphatic heterocycles. The van der Waals surface area contributed by atoms with Crippen LogP contribution in [0.4, 0.5) is 17.1 Å². The maximum absolute atomic E-state index is 13.9. The van der Waals surface area contributed by atoms with Crippen LogP contribution in [0.15, 0.2) is 78.9 Å². The first-order chi connectivity index (χ1) is 16.4. The summed E-state index contributed by atoms with van der Waals surface area (Å²) in [6, 6.07) is 22.3. The summed E-state index contributed by atoms with van der Waals surface area (Å²) in [6.07, 6.45) is 1.76. The molecule has 0 saturated heterocycles. The molecule has 0 unspecified atom stereocenters. The van der Waals surface area contributed by atoms with Crippen LogP contribution >= 0.6 is 0 Å². The first-order valence-corrected chi connectivity index (χ1v) is 11.5. The number of rotatable bonds is 6. The smallest absolute Gasteiger partial charge is 0.270 e. The van der Waals surface area contributed by atoms with E-state index in [2.05, 4.69) is 0 Å². The van der Waals surface area contributed by atoms with Crippen molar-refractivity contribution >= 4 is 28.9 Å². The van der Waals surface area contributed by atoms with Gasteiger partial charge in [-0.05, 0) is 49.6 Å². The van der Waals surface area contributed by atoms with Gasteiger partial charge in [-0.25, -0.2) is 0 Å². The number of anilines is 2. The van der Waals surface area contributed by atoms with Crippen molar-refractivity contribution in [2.24, 2.45) is 0 Å². The minimum Gasteiger partial charge on any atom is -0.309 e. The lowest BCUT2D eigenvalue weighted by Gasteiger charge is -2.43. The van der Waals surface area contributed by atoms with Gasteiger partial charge in [-0.15, -0.1) is 0 Å².